The molecule has 0 amide bonds. The lowest BCUT2D eigenvalue weighted by molar-refractivity contribution is 0.0989. The van der Waals surface area contributed by atoms with E-state index in [2.05, 4.69) is 15.9 Å². The first-order valence-electron chi connectivity index (χ1n) is 4.73. The molecule has 0 aliphatic carbocycles. The summed E-state index contributed by atoms with van der Waals surface area (Å²) in [6.45, 7) is 2.36. The van der Waals surface area contributed by atoms with Gasteiger partial charge < -0.3 is 9.84 Å². The maximum atomic E-state index is 11.6. The van der Waals surface area contributed by atoms with Crippen molar-refractivity contribution in [1.82, 2.24) is 0 Å². The third-order valence-electron chi connectivity index (χ3n) is 1.85. The lowest BCUT2D eigenvalue weighted by Crippen LogP contribution is -2.00. The van der Waals surface area contributed by atoms with Gasteiger partial charge in [0.1, 0.15) is 11.5 Å². The van der Waals surface area contributed by atoms with Crippen LogP contribution in [-0.4, -0.2) is 22.8 Å². The van der Waals surface area contributed by atoms with E-state index in [1.807, 2.05) is 6.92 Å². The van der Waals surface area contributed by atoms with E-state index in [0.717, 1.165) is 0 Å². The third kappa shape index (κ3) is 3.55. The molecule has 4 heteroatoms. The summed E-state index contributed by atoms with van der Waals surface area (Å²) >= 11 is 3.20. The van der Waals surface area contributed by atoms with Crippen molar-refractivity contribution < 1.29 is 14.6 Å². The van der Waals surface area contributed by atoms with Crippen LogP contribution in [0, 0.1) is 0 Å². The van der Waals surface area contributed by atoms with Gasteiger partial charge in [0.25, 0.3) is 0 Å². The van der Waals surface area contributed by atoms with Gasteiger partial charge in [0, 0.05) is 23.4 Å². The molecule has 0 saturated carbocycles. The predicted molar refractivity (Wildman–Crippen MR) is 62.0 cm³/mol. The van der Waals surface area contributed by atoms with Gasteiger partial charge in [0.2, 0.25) is 0 Å². The SMILES string of the molecule is CCOc1cc(O)cc(C(=O)CCBr)c1. The van der Waals surface area contributed by atoms with E-state index in [1.54, 1.807) is 6.07 Å². The van der Waals surface area contributed by atoms with E-state index >= 15 is 0 Å². The highest BCUT2D eigenvalue weighted by atomic mass is 79.9. The zero-order valence-corrected chi connectivity index (χ0v) is 10.1. The highest BCUT2D eigenvalue weighted by Crippen LogP contribution is 2.22. The summed E-state index contributed by atoms with van der Waals surface area (Å²) in [5.74, 6) is 0.568. The molecule has 82 valence electrons. The number of ketones is 1. The van der Waals surface area contributed by atoms with Crippen molar-refractivity contribution in [3.63, 3.8) is 0 Å². The summed E-state index contributed by atoms with van der Waals surface area (Å²) in [5, 5.41) is 10.0. The van der Waals surface area contributed by atoms with E-state index in [1.165, 1.54) is 12.1 Å². The second-order valence-corrected chi connectivity index (χ2v) is 3.80. The molecule has 0 unspecified atom stereocenters. The number of Topliss-reactive ketones (excluding diaryl/α,β-unsaturated/α-hetero) is 1. The fourth-order valence-electron chi connectivity index (χ4n) is 1.22. The van der Waals surface area contributed by atoms with Crippen LogP contribution >= 0.6 is 15.9 Å². The summed E-state index contributed by atoms with van der Waals surface area (Å²) in [6.07, 6.45) is 0.412. The highest BCUT2D eigenvalue weighted by Gasteiger charge is 2.08. The van der Waals surface area contributed by atoms with Crippen molar-refractivity contribution in [2.75, 3.05) is 11.9 Å². The minimum absolute atomic E-state index is 0.0104. The Kier molecular flexibility index (Phi) is 4.62. The second kappa shape index (κ2) is 5.75. The summed E-state index contributed by atoms with van der Waals surface area (Å²) in [5.41, 5.74) is 0.484. The lowest BCUT2D eigenvalue weighted by Gasteiger charge is -2.06. The van der Waals surface area contributed by atoms with Gasteiger partial charge in [0.15, 0.2) is 5.78 Å². The molecule has 0 radical (unpaired) electrons. The largest absolute Gasteiger partial charge is 0.508 e. The van der Waals surface area contributed by atoms with E-state index in [4.69, 9.17) is 4.74 Å². The van der Waals surface area contributed by atoms with Crippen LogP contribution in [0.25, 0.3) is 0 Å². The van der Waals surface area contributed by atoms with Crippen molar-refractivity contribution in [2.24, 2.45) is 0 Å². The van der Waals surface area contributed by atoms with Crippen molar-refractivity contribution in [1.29, 1.82) is 0 Å². The van der Waals surface area contributed by atoms with E-state index in [9.17, 15) is 9.90 Å². The van der Waals surface area contributed by atoms with Crippen molar-refractivity contribution >= 4 is 21.7 Å². The number of carbonyl (C=O) groups is 1. The van der Waals surface area contributed by atoms with E-state index < -0.39 is 0 Å². The van der Waals surface area contributed by atoms with Crippen molar-refractivity contribution in [3.05, 3.63) is 23.8 Å². The van der Waals surface area contributed by atoms with Crippen LogP contribution in [0.2, 0.25) is 0 Å². The molecule has 0 bridgehead atoms. The normalized spacial score (nSPS) is 10.0. The monoisotopic (exact) mass is 272 g/mol. The molecule has 0 aromatic heterocycles. The van der Waals surface area contributed by atoms with Crippen molar-refractivity contribution in [2.45, 2.75) is 13.3 Å². The summed E-state index contributed by atoms with van der Waals surface area (Å²) < 4.78 is 5.23. The number of phenolic OH excluding ortho intramolecular Hbond substituents is 1. The molecule has 0 saturated heterocycles. The minimum Gasteiger partial charge on any atom is -0.508 e. The molecule has 15 heavy (non-hydrogen) atoms. The number of hydrogen-bond acceptors (Lipinski definition) is 3. The molecule has 3 nitrogen and oxygen atoms in total. The number of rotatable bonds is 5. The average molecular weight is 273 g/mol. The molecule has 1 N–H and O–H groups in total. The molecule has 0 aliphatic rings. The zero-order valence-electron chi connectivity index (χ0n) is 8.50. The Morgan fingerprint density at radius 1 is 1.47 bits per heavy atom. The first-order valence-corrected chi connectivity index (χ1v) is 5.85. The molecule has 1 rings (SSSR count). The first-order chi connectivity index (χ1) is 7.17. The number of hydrogen-bond donors (Lipinski definition) is 1. The quantitative estimate of drug-likeness (QED) is 0.662. The molecule has 1 aromatic carbocycles. The van der Waals surface area contributed by atoms with Crippen LogP contribution in [0.4, 0.5) is 0 Å². The van der Waals surface area contributed by atoms with Gasteiger partial charge in [0.05, 0.1) is 6.61 Å². The Morgan fingerprint density at radius 2 is 2.20 bits per heavy atom. The first kappa shape index (κ1) is 12.0. The molecule has 0 atom stereocenters. The van der Waals surface area contributed by atoms with Crippen molar-refractivity contribution in [3.8, 4) is 11.5 Å². The number of carbonyl (C=O) groups excluding carboxylic acids is 1. The summed E-state index contributed by atoms with van der Waals surface area (Å²) in [6, 6.07) is 4.59. The van der Waals surface area contributed by atoms with E-state index in [-0.39, 0.29) is 11.5 Å². The van der Waals surface area contributed by atoms with Gasteiger partial charge in [-0.05, 0) is 19.1 Å². The maximum Gasteiger partial charge on any atom is 0.163 e. The summed E-state index contributed by atoms with van der Waals surface area (Å²) in [7, 11) is 0. The Balaban J connectivity index is 2.92. The van der Waals surface area contributed by atoms with Crippen LogP contribution in [0.15, 0.2) is 18.2 Å². The van der Waals surface area contributed by atoms with Crippen LogP contribution in [0.3, 0.4) is 0 Å². The standard InChI is InChI=1S/C11H13BrO3/c1-2-15-10-6-8(5-9(13)7-10)11(14)3-4-12/h5-7,13H,2-4H2,1H3. The van der Waals surface area contributed by atoms with Gasteiger partial charge in [-0.2, -0.15) is 0 Å². The lowest BCUT2D eigenvalue weighted by atomic mass is 10.1. The minimum atomic E-state index is -0.0104. The summed E-state index contributed by atoms with van der Waals surface area (Å²) in [4.78, 5) is 11.6. The topological polar surface area (TPSA) is 46.5 Å². The highest BCUT2D eigenvalue weighted by molar-refractivity contribution is 9.09. The van der Waals surface area contributed by atoms with Crippen LogP contribution in [-0.2, 0) is 0 Å². The Hall–Kier alpha value is -1.03. The second-order valence-electron chi connectivity index (χ2n) is 3.01. The molecule has 0 fully saturated rings. The number of benzene rings is 1. The molecule has 1 aromatic rings. The Morgan fingerprint density at radius 3 is 2.80 bits per heavy atom. The Bertz CT molecular complexity index is 350. The van der Waals surface area contributed by atoms with Crippen LogP contribution < -0.4 is 4.74 Å². The average Bonchev–Trinajstić information content (AvgIpc) is 2.17. The van der Waals surface area contributed by atoms with Gasteiger partial charge >= 0.3 is 0 Å². The number of halogens is 1. The fourth-order valence-corrected chi connectivity index (χ4v) is 1.58. The molecule has 0 spiro atoms. The molecule has 0 aliphatic heterocycles. The number of phenols is 1. The molecular weight excluding hydrogens is 260 g/mol. The van der Waals surface area contributed by atoms with Crippen LogP contribution in [0.5, 0.6) is 11.5 Å². The number of ether oxygens (including phenoxy) is 1. The smallest absolute Gasteiger partial charge is 0.163 e. The van der Waals surface area contributed by atoms with Gasteiger partial charge in [-0.25, -0.2) is 0 Å². The maximum absolute atomic E-state index is 11.6. The van der Waals surface area contributed by atoms with E-state index in [0.29, 0.717) is 29.7 Å². The number of alkyl halides is 1. The van der Waals surface area contributed by atoms with Gasteiger partial charge in [-0.3, -0.25) is 4.79 Å². The zero-order chi connectivity index (χ0) is 11.3. The van der Waals surface area contributed by atoms with Crippen LogP contribution in [0.1, 0.15) is 23.7 Å². The number of aromatic hydroxyl groups is 1. The predicted octanol–water partition coefficient (Wildman–Crippen LogP) is 2.76. The van der Waals surface area contributed by atoms with Gasteiger partial charge in [-0.1, -0.05) is 15.9 Å². The third-order valence-corrected chi connectivity index (χ3v) is 2.24. The fraction of sp³-hybridized carbons (Fsp3) is 0.364. The molecule has 0 heterocycles. The Labute approximate surface area is 97.2 Å². The molecular formula is C11H13BrO3. The van der Waals surface area contributed by atoms with Gasteiger partial charge in [-0.15, -0.1) is 0 Å².